The first-order chi connectivity index (χ1) is 11.9. The predicted octanol–water partition coefficient (Wildman–Crippen LogP) is 3.03. The molecule has 0 aliphatic heterocycles. The van der Waals surface area contributed by atoms with Crippen molar-refractivity contribution in [2.75, 3.05) is 19.8 Å². The van der Waals surface area contributed by atoms with Gasteiger partial charge < -0.3 is 19.9 Å². The average molecular weight is 480 g/mol. The van der Waals surface area contributed by atoms with E-state index in [0.29, 0.717) is 18.5 Å². The summed E-state index contributed by atoms with van der Waals surface area (Å²) in [7, 11) is 1.97. The van der Waals surface area contributed by atoms with E-state index in [1.54, 1.807) is 0 Å². The predicted molar refractivity (Wildman–Crippen MR) is 118 cm³/mol. The molecule has 152 valence electrons. The molecule has 1 aromatic heterocycles. The van der Waals surface area contributed by atoms with Crippen LogP contribution in [0.5, 0.6) is 0 Å². The summed E-state index contributed by atoms with van der Waals surface area (Å²) in [5.74, 6) is 3.30. The number of rotatable bonds is 11. The molecule has 0 radical (unpaired) electrons. The van der Waals surface area contributed by atoms with E-state index in [4.69, 9.17) is 4.74 Å². The van der Waals surface area contributed by atoms with Crippen LogP contribution in [0.3, 0.4) is 0 Å². The summed E-state index contributed by atoms with van der Waals surface area (Å²) in [6.07, 6.45) is 3.28. The van der Waals surface area contributed by atoms with Gasteiger partial charge in [-0.15, -0.1) is 34.2 Å². The lowest BCUT2D eigenvalue weighted by molar-refractivity contribution is 0.145. The van der Waals surface area contributed by atoms with E-state index >= 15 is 0 Å². The minimum absolute atomic E-state index is 0. The summed E-state index contributed by atoms with van der Waals surface area (Å²) < 4.78 is 7.36. The number of aliphatic imine (C=N–C) groups is 1. The Morgan fingerprint density at radius 1 is 1.23 bits per heavy atom. The minimum atomic E-state index is 0. The molecule has 2 N–H and O–H groups in total. The van der Waals surface area contributed by atoms with Gasteiger partial charge in [0.2, 0.25) is 0 Å². The Labute approximate surface area is 175 Å². The molecule has 1 unspecified atom stereocenters. The van der Waals surface area contributed by atoms with E-state index in [0.717, 1.165) is 50.2 Å². The van der Waals surface area contributed by atoms with E-state index < -0.39 is 0 Å². The fourth-order valence-electron chi connectivity index (χ4n) is 2.31. The molecule has 7 nitrogen and oxygen atoms in total. The first kappa shape index (κ1) is 25.1. The van der Waals surface area contributed by atoms with Crippen LogP contribution in [-0.4, -0.2) is 46.5 Å². The number of nitrogens with one attached hydrogen (secondary N) is 2. The molecule has 1 rings (SSSR count). The smallest absolute Gasteiger partial charge is 0.191 e. The second kappa shape index (κ2) is 14.2. The van der Waals surface area contributed by atoms with Gasteiger partial charge in [0, 0.05) is 32.8 Å². The van der Waals surface area contributed by atoms with Crippen LogP contribution in [0, 0.1) is 12.8 Å². The van der Waals surface area contributed by atoms with Crippen molar-refractivity contribution in [3.8, 4) is 0 Å². The molecule has 0 aliphatic rings. The van der Waals surface area contributed by atoms with Crippen LogP contribution in [0.15, 0.2) is 4.99 Å². The minimum Gasteiger partial charge on any atom is -0.382 e. The number of nitrogens with zero attached hydrogens (tertiary/aromatic N) is 4. The topological polar surface area (TPSA) is 76.4 Å². The zero-order chi connectivity index (χ0) is 18.7. The standard InChI is InChI=1S/C18H36N6O.HI/c1-7-25-12-8-11-19-18(21-15(4)10-9-14(2)3)20-13-17-23-22-16(5)24(17)6;/h14-15H,7-13H2,1-6H3,(H2,19,20,21);1H. The van der Waals surface area contributed by atoms with Crippen LogP contribution in [-0.2, 0) is 18.3 Å². The lowest BCUT2D eigenvalue weighted by Crippen LogP contribution is -2.43. The highest BCUT2D eigenvalue weighted by molar-refractivity contribution is 14.0. The van der Waals surface area contributed by atoms with Gasteiger partial charge in [-0.25, -0.2) is 4.99 Å². The van der Waals surface area contributed by atoms with Gasteiger partial charge in [0.1, 0.15) is 12.4 Å². The summed E-state index contributed by atoms with van der Waals surface area (Å²) in [6.45, 7) is 13.5. The maximum absolute atomic E-state index is 5.39. The summed E-state index contributed by atoms with van der Waals surface area (Å²) in [5.41, 5.74) is 0. The monoisotopic (exact) mass is 480 g/mol. The first-order valence-corrected chi connectivity index (χ1v) is 9.41. The van der Waals surface area contributed by atoms with Gasteiger partial charge in [-0.3, -0.25) is 0 Å². The molecule has 1 aromatic rings. The Kier molecular flexibility index (Phi) is 13.7. The van der Waals surface area contributed by atoms with Crippen LogP contribution in [0.1, 0.15) is 58.6 Å². The quantitative estimate of drug-likeness (QED) is 0.221. The molecule has 0 aliphatic carbocycles. The number of guanidine groups is 1. The normalized spacial score (nSPS) is 12.8. The van der Waals surface area contributed by atoms with E-state index in [9.17, 15) is 0 Å². The molecule has 26 heavy (non-hydrogen) atoms. The number of aryl methyl sites for hydroxylation is 1. The van der Waals surface area contributed by atoms with Crippen LogP contribution in [0.4, 0.5) is 0 Å². The van der Waals surface area contributed by atoms with Crippen molar-refractivity contribution in [1.82, 2.24) is 25.4 Å². The Morgan fingerprint density at radius 3 is 2.54 bits per heavy atom. The second-order valence-electron chi connectivity index (χ2n) is 6.88. The van der Waals surface area contributed by atoms with Crippen molar-refractivity contribution in [3.63, 3.8) is 0 Å². The van der Waals surface area contributed by atoms with Crippen LogP contribution < -0.4 is 10.6 Å². The number of halogens is 1. The molecule has 0 saturated carbocycles. The van der Waals surface area contributed by atoms with Crippen LogP contribution >= 0.6 is 24.0 Å². The van der Waals surface area contributed by atoms with Crippen molar-refractivity contribution in [2.24, 2.45) is 18.0 Å². The first-order valence-electron chi connectivity index (χ1n) is 9.41. The third-order valence-electron chi connectivity index (χ3n) is 4.08. The van der Waals surface area contributed by atoms with Crippen molar-refractivity contribution in [3.05, 3.63) is 11.6 Å². The molecule has 1 heterocycles. The third kappa shape index (κ3) is 10.3. The van der Waals surface area contributed by atoms with Gasteiger partial charge in [0.05, 0.1) is 0 Å². The molecule has 0 fully saturated rings. The van der Waals surface area contributed by atoms with E-state index in [-0.39, 0.29) is 24.0 Å². The lowest BCUT2D eigenvalue weighted by atomic mass is 10.0. The molecule has 8 heteroatoms. The number of ether oxygens (including phenoxy) is 1. The van der Waals surface area contributed by atoms with E-state index in [1.165, 1.54) is 6.42 Å². The van der Waals surface area contributed by atoms with Crippen molar-refractivity contribution < 1.29 is 4.74 Å². The SMILES string of the molecule is CCOCCCNC(=NCc1nnc(C)n1C)NC(C)CCC(C)C.I. The number of hydrogen-bond donors (Lipinski definition) is 2. The molecule has 0 amide bonds. The van der Waals surface area contributed by atoms with E-state index in [1.807, 2.05) is 25.5 Å². The molecular formula is C18H37IN6O. The van der Waals surface area contributed by atoms with Gasteiger partial charge in [-0.05, 0) is 46.0 Å². The largest absolute Gasteiger partial charge is 0.382 e. The van der Waals surface area contributed by atoms with Gasteiger partial charge in [0.25, 0.3) is 0 Å². The molecule has 0 bridgehead atoms. The number of aromatic nitrogens is 3. The Balaban J connectivity index is 0.00000625. The Bertz CT molecular complexity index is 518. The van der Waals surface area contributed by atoms with Gasteiger partial charge in [-0.1, -0.05) is 13.8 Å². The van der Waals surface area contributed by atoms with E-state index in [2.05, 4.69) is 46.6 Å². The molecule has 1 atom stereocenters. The second-order valence-corrected chi connectivity index (χ2v) is 6.88. The number of hydrogen-bond acceptors (Lipinski definition) is 4. The highest BCUT2D eigenvalue weighted by Crippen LogP contribution is 2.06. The van der Waals surface area contributed by atoms with Crippen molar-refractivity contribution >= 4 is 29.9 Å². The average Bonchev–Trinajstić information content (AvgIpc) is 2.89. The maximum atomic E-state index is 5.39. The van der Waals surface area contributed by atoms with Gasteiger partial charge in [-0.2, -0.15) is 0 Å². The molecular weight excluding hydrogens is 443 g/mol. The van der Waals surface area contributed by atoms with Crippen molar-refractivity contribution in [2.45, 2.75) is 66.5 Å². The summed E-state index contributed by atoms with van der Waals surface area (Å²) in [4.78, 5) is 4.68. The zero-order valence-electron chi connectivity index (χ0n) is 17.2. The van der Waals surface area contributed by atoms with Gasteiger partial charge >= 0.3 is 0 Å². The third-order valence-corrected chi connectivity index (χ3v) is 4.08. The fourth-order valence-corrected chi connectivity index (χ4v) is 2.31. The molecule has 0 aromatic carbocycles. The van der Waals surface area contributed by atoms with Crippen LogP contribution in [0.2, 0.25) is 0 Å². The highest BCUT2D eigenvalue weighted by atomic mass is 127. The van der Waals surface area contributed by atoms with Crippen molar-refractivity contribution in [1.29, 1.82) is 0 Å². The zero-order valence-corrected chi connectivity index (χ0v) is 19.5. The summed E-state index contributed by atoms with van der Waals surface area (Å²) in [5, 5.41) is 15.2. The molecule has 0 saturated heterocycles. The van der Waals surface area contributed by atoms with Gasteiger partial charge in [0.15, 0.2) is 11.8 Å². The Hall–Kier alpha value is -0.900. The molecule has 0 spiro atoms. The summed E-state index contributed by atoms with van der Waals surface area (Å²) >= 11 is 0. The summed E-state index contributed by atoms with van der Waals surface area (Å²) in [6, 6.07) is 0.377. The Morgan fingerprint density at radius 2 is 1.96 bits per heavy atom. The maximum Gasteiger partial charge on any atom is 0.191 e. The lowest BCUT2D eigenvalue weighted by Gasteiger charge is -2.19. The van der Waals surface area contributed by atoms with Crippen LogP contribution in [0.25, 0.3) is 0 Å². The highest BCUT2D eigenvalue weighted by Gasteiger charge is 2.08. The fraction of sp³-hybridized carbons (Fsp3) is 0.833.